The Morgan fingerprint density at radius 1 is 0.941 bits per heavy atom. The fourth-order valence-corrected chi connectivity index (χ4v) is 0.703. The molecule has 0 N–H and O–H groups in total. The van der Waals surface area contributed by atoms with Gasteiger partial charge in [-0.05, 0) is 0 Å². The van der Waals surface area contributed by atoms with Crippen molar-refractivity contribution in [3.8, 4) is 0 Å². The second-order valence-electron chi connectivity index (χ2n) is 2.87. The van der Waals surface area contributed by atoms with E-state index in [-0.39, 0.29) is 19.6 Å². The van der Waals surface area contributed by atoms with Crippen molar-refractivity contribution in [2.75, 3.05) is 13.2 Å². The number of halogens is 2. The lowest BCUT2D eigenvalue weighted by atomic mass is 10.5. The first-order chi connectivity index (χ1) is 7.91. The molecule has 0 fully saturated rings. The van der Waals surface area contributed by atoms with Gasteiger partial charge in [0.1, 0.15) is 0 Å². The van der Waals surface area contributed by atoms with Crippen molar-refractivity contribution in [3.63, 3.8) is 0 Å². The van der Waals surface area contributed by atoms with Gasteiger partial charge in [0.15, 0.2) is 0 Å². The summed E-state index contributed by atoms with van der Waals surface area (Å²) in [5, 5.41) is 0. The summed E-state index contributed by atoms with van der Waals surface area (Å²) >= 11 is 0. The first-order valence-corrected chi connectivity index (χ1v) is 4.86. The molecule has 0 aliphatic rings. The molecule has 0 radical (unpaired) electrons. The van der Waals surface area contributed by atoms with Crippen molar-refractivity contribution in [3.05, 3.63) is 0 Å². The van der Waals surface area contributed by atoms with Crippen LogP contribution >= 0.6 is 0 Å². The Kier molecular flexibility index (Phi) is 7.74. The first kappa shape index (κ1) is 15.4. The summed E-state index contributed by atoms with van der Waals surface area (Å²) in [5.41, 5.74) is 0. The molecule has 17 heavy (non-hydrogen) atoms. The van der Waals surface area contributed by atoms with Crippen LogP contribution in [0.2, 0.25) is 0 Å². The maximum Gasteiger partial charge on any atom is 0.510 e. The Morgan fingerprint density at radius 2 is 1.29 bits per heavy atom. The van der Waals surface area contributed by atoms with Crippen molar-refractivity contribution < 1.29 is 37.3 Å². The minimum Gasteiger partial charge on any atom is -0.434 e. The number of carbonyl (C=O) groups excluding carboxylic acids is 2. The maximum atomic E-state index is 12.1. The largest absolute Gasteiger partial charge is 0.510 e. The molecule has 6 nitrogen and oxygen atoms in total. The molecule has 0 amide bonds. The summed E-state index contributed by atoms with van der Waals surface area (Å²) < 4.78 is 41.1. The highest BCUT2D eigenvalue weighted by Crippen LogP contribution is 1.98. The zero-order chi connectivity index (χ0) is 13.3. The van der Waals surface area contributed by atoms with E-state index in [2.05, 4.69) is 18.9 Å². The van der Waals surface area contributed by atoms with E-state index < -0.39 is 25.0 Å². The number of carbonyl (C=O) groups is 2. The predicted molar refractivity (Wildman–Crippen MR) is 50.6 cm³/mol. The van der Waals surface area contributed by atoms with Crippen molar-refractivity contribution in [2.24, 2.45) is 0 Å². The SMILES string of the molecule is CC(F)OC(=O)OCCCOC(=O)OC(C)F. The van der Waals surface area contributed by atoms with Gasteiger partial charge in [0.2, 0.25) is 12.7 Å². The fourth-order valence-electron chi connectivity index (χ4n) is 0.703. The molecule has 0 rings (SSSR count). The number of hydrogen-bond acceptors (Lipinski definition) is 6. The molecule has 0 saturated carbocycles. The molecule has 0 saturated heterocycles. The summed E-state index contributed by atoms with van der Waals surface area (Å²) in [6.45, 7) is 1.81. The molecule has 0 aromatic carbocycles. The van der Waals surface area contributed by atoms with Crippen LogP contribution in [0.4, 0.5) is 18.4 Å². The molecular weight excluding hydrogens is 242 g/mol. The first-order valence-electron chi connectivity index (χ1n) is 4.86. The Labute approximate surface area is 96.8 Å². The van der Waals surface area contributed by atoms with Crippen molar-refractivity contribution in [2.45, 2.75) is 33.0 Å². The Morgan fingerprint density at radius 3 is 1.59 bits per heavy atom. The van der Waals surface area contributed by atoms with Crippen LogP contribution in [0.5, 0.6) is 0 Å². The van der Waals surface area contributed by atoms with E-state index in [1.807, 2.05) is 0 Å². The molecule has 100 valence electrons. The smallest absolute Gasteiger partial charge is 0.434 e. The monoisotopic (exact) mass is 256 g/mol. The van der Waals surface area contributed by atoms with E-state index in [0.29, 0.717) is 0 Å². The van der Waals surface area contributed by atoms with E-state index in [1.54, 1.807) is 0 Å². The summed E-state index contributed by atoms with van der Waals surface area (Å²) in [6, 6.07) is 0. The lowest BCUT2D eigenvalue weighted by Crippen LogP contribution is -2.16. The lowest BCUT2D eigenvalue weighted by Gasteiger charge is -2.07. The molecule has 0 bridgehead atoms. The third kappa shape index (κ3) is 10.7. The van der Waals surface area contributed by atoms with Gasteiger partial charge in [-0.15, -0.1) is 0 Å². The van der Waals surface area contributed by atoms with Crippen molar-refractivity contribution in [1.82, 2.24) is 0 Å². The zero-order valence-corrected chi connectivity index (χ0v) is 9.48. The van der Waals surface area contributed by atoms with E-state index in [1.165, 1.54) is 0 Å². The molecule has 8 heteroatoms. The van der Waals surface area contributed by atoms with Crippen LogP contribution in [-0.4, -0.2) is 38.2 Å². The van der Waals surface area contributed by atoms with Crippen LogP contribution in [0.3, 0.4) is 0 Å². The molecule has 0 aliphatic carbocycles. The van der Waals surface area contributed by atoms with E-state index in [9.17, 15) is 18.4 Å². The van der Waals surface area contributed by atoms with Crippen molar-refractivity contribution in [1.29, 1.82) is 0 Å². The standard InChI is InChI=1S/C9H14F2O6/c1-6(10)16-8(12)14-4-3-5-15-9(13)17-7(2)11/h6-7H,3-5H2,1-2H3. The second kappa shape index (κ2) is 8.54. The van der Waals surface area contributed by atoms with E-state index in [4.69, 9.17) is 0 Å². The maximum absolute atomic E-state index is 12.1. The van der Waals surface area contributed by atoms with Crippen LogP contribution in [0.15, 0.2) is 0 Å². The fraction of sp³-hybridized carbons (Fsp3) is 0.778. The topological polar surface area (TPSA) is 71.1 Å². The number of hydrogen-bond donors (Lipinski definition) is 0. The van der Waals surface area contributed by atoms with E-state index in [0.717, 1.165) is 13.8 Å². The quantitative estimate of drug-likeness (QED) is 0.536. The minimum absolute atomic E-state index is 0.121. The van der Waals surface area contributed by atoms with E-state index >= 15 is 0 Å². The lowest BCUT2D eigenvalue weighted by molar-refractivity contribution is -0.0297. The van der Waals surface area contributed by atoms with Crippen LogP contribution in [0.1, 0.15) is 20.3 Å². The van der Waals surface area contributed by atoms with Gasteiger partial charge in [-0.3, -0.25) is 0 Å². The summed E-state index contributed by atoms with van der Waals surface area (Å²) in [6.07, 6.45) is -5.65. The molecule has 2 unspecified atom stereocenters. The summed E-state index contributed by atoms with van der Waals surface area (Å²) in [4.78, 5) is 21.3. The van der Waals surface area contributed by atoms with Crippen LogP contribution in [-0.2, 0) is 18.9 Å². The molecule has 0 heterocycles. The van der Waals surface area contributed by atoms with Gasteiger partial charge in [0, 0.05) is 20.3 Å². The molecule has 0 spiro atoms. The second-order valence-corrected chi connectivity index (χ2v) is 2.87. The predicted octanol–water partition coefficient (Wildman–Crippen LogP) is 2.31. The molecule has 0 aromatic rings. The van der Waals surface area contributed by atoms with Gasteiger partial charge < -0.3 is 18.9 Å². The van der Waals surface area contributed by atoms with Gasteiger partial charge in [-0.1, -0.05) is 0 Å². The Bertz CT molecular complexity index is 220. The van der Waals surface area contributed by atoms with Crippen molar-refractivity contribution >= 4 is 12.3 Å². The Balaban J connectivity index is 3.40. The van der Waals surface area contributed by atoms with Gasteiger partial charge in [0.25, 0.3) is 0 Å². The average molecular weight is 256 g/mol. The Hall–Kier alpha value is -1.60. The zero-order valence-electron chi connectivity index (χ0n) is 9.48. The van der Waals surface area contributed by atoms with Gasteiger partial charge in [-0.25, -0.2) is 18.4 Å². The van der Waals surface area contributed by atoms with Gasteiger partial charge >= 0.3 is 12.3 Å². The molecule has 2 atom stereocenters. The van der Waals surface area contributed by atoms with Gasteiger partial charge in [-0.2, -0.15) is 0 Å². The summed E-state index contributed by atoms with van der Waals surface area (Å²) in [5.74, 6) is 0. The van der Waals surface area contributed by atoms with Crippen LogP contribution < -0.4 is 0 Å². The molecule has 0 aromatic heterocycles. The number of alkyl halides is 2. The average Bonchev–Trinajstić information content (AvgIpc) is 2.14. The highest BCUT2D eigenvalue weighted by atomic mass is 19.1. The van der Waals surface area contributed by atoms with Gasteiger partial charge in [0.05, 0.1) is 13.2 Å². The molecule has 0 aliphatic heterocycles. The third-order valence-corrected chi connectivity index (χ3v) is 1.25. The normalized spacial score (nSPS) is 13.4. The third-order valence-electron chi connectivity index (χ3n) is 1.25. The van der Waals surface area contributed by atoms with Crippen LogP contribution in [0, 0.1) is 0 Å². The highest BCUT2D eigenvalue weighted by Gasteiger charge is 2.10. The number of ether oxygens (including phenoxy) is 4. The number of rotatable bonds is 6. The highest BCUT2D eigenvalue weighted by molar-refractivity contribution is 5.60. The minimum atomic E-state index is -1.75. The summed E-state index contributed by atoms with van der Waals surface area (Å²) in [7, 11) is 0. The van der Waals surface area contributed by atoms with Crippen LogP contribution in [0.25, 0.3) is 0 Å². The molecular formula is C9H14F2O6.